The fourth-order valence-electron chi connectivity index (χ4n) is 3.65. The van der Waals surface area contributed by atoms with Crippen LogP contribution in [0.4, 0.5) is 0 Å². The van der Waals surface area contributed by atoms with Gasteiger partial charge in [0.05, 0.1) is 29.8 Å². The van der Waals surface area contributed by atoms with Crippen molar-refractivity contribution in [3.05, 3.63) is 48.2 Å². The van der Waals surface area contributed by atoms with Gasteiger partial charge >= 0.3 is 0 Å². The largest absolute Gasteiger partial charge is 0.377 e. The predicted octanol–water partition coefficient (Wildman–Crippen LogP) is 1.16. The van der Waals surface area contributed by atoms with E-state index in [0.717, 1.165) is 5.56 Å². The fourth-order valence-corrected chi connectivity index (χ4v) is 5.18. The Hall–Kier alpha value is -2.33. The Morgan fingerprint density at radius 2 is 2.13 bits per heavy atom. The van der Waals surface area contributed by atoms with Crippen LogP contribution in [-0.4, -0.2) is 62.6 Å². The average molecular weight is 433 g/mol. The molecule has 0 saturated carbocycles. The van der Waals surface area contributed by atoms with Gasteiger partial charge in [-0.05, 0) is 37.1 Å². The number of hydrogen-bond donors (Lipinski definition) is 2. The second-order valence-corrected chi connectivity index (χ2v) is 8.90. The first-order valence-electron chi connectivity index (χ1n) is 10.0. The highest BCUT2D eigenvalue weighted by Crippen LogP contribution is 2.28. The van der Waals surface area contributed by atoms with Gasteiger partial charge in [-0.3, -0.25) is 9.78 Å². The van der Waals surface area contributed by atoms with Crippen LogP contribution in [-0.2, 0) is 26.0 Å². The van der Waals surface area contributed by atoms with Gasteiger partial charge in [0.25, 0.3) is 0 Å². The van der Waals surface area contributed by atoms with Crippen LogP contribution in [0.2, 0.25) is 0 Å². The lowest BCUT2D eigenvalue weighted by molar-refractivity contribution is -0.140. The Morgan fingerprint density at radius 3 is 2.77 bits per heavy atom. The molecule has 162 valence electrons. The van der Waals surface area contributed by atoms with Crippen LogP contribution in [0, 0.1) is 0 Å². The molecule has 0 bridgehead atoms. The molecule has 3 rings (SSSR count). The van der Waals surface area contributed by atoms with Gasteiger partial charge in [0.1, 0.15) is 6.04 Å². The van der Waals surface area contributed by atoms with Crippen molar-refractivity contribution in [2.75, 3.05) is 26.3 Å². The van der Waals surface area contributed by atoms with Crippen LogP contribution in [0.5, 0.6) is 0 Å². The summed E-state index contributed by atoms with van der Waals surface area (Å²) >= 11 is 0. The summed E-state index contributed by atoms with van der Waals surface area (Å²) in [5.41, 5.74) is 7.87. The van der Waals surface area contributed by atoms with Crippen molar-refractivity contribution >= 4 is 15.9 Å². The van der Waals surface area contributed by atoms with Crippen molar-refractivity contribution in [2.24, 2.45) is 5.73 Å². The van der Waals surface area contributed by atoms with Crippen molar-refractivity contribution < 1.29 is 17.9 Å². The minimum absolute atomic E-state index is 0.134. The summed E-state index contributed by atoms with van der Waals surface area (Å²) < 4.78 is 34.4. The quantitative estimate of drug-likeness (QED) is 0.679. The van der Waals surface area contributed by atoms with Gasteiger partial charge in [0, 0.05) is 24.8 Å². The molecule has 2 heterocycles. The summed E-state index contributed by atoms with van der Waals surface area (Å²) in [6, 6.07) is 9.40. The third-order valence-corrected chi connectivity index (χ3v) is 6.76. The van der Waals surface area contributed by atoms with E-state index in [1.54, 1.807) is 29.3 Å². The normalized spacial score (nSPS) is 18.2. The number of benzene rings is 1. The minimum Gasteiger partial charge on any atom is -0.377 e. The van der Waals surface area contributed by atoms with Gasteiger partial charge in [-0.15, -0.1) is 0 Å². The number of rotatable bonds is 7. The highest BCUT2D eigenvalue weighted by atomic mass is 32.2. The summed E-state index contributed by atoms with van der Waals surface area (Å²) in [6.07, 6.45) is 2.16. The van der Waals surface area contributed by atoms with Crippen molar-refractivity contribution in [1.29, 1.82) is 0 Å². The standard InChI is InChI=1S/C21H28N4O4S/c1-3-16-17(18-8-4-5-10-23-18)7-6-9-20(16)30(27,28)24-19(13-22)21(26)25-11-12-29-14-15(25)2/h4-10,15,19,24H,3,11-14,22H2,1-2H3/t15-,19-/m0/s1. The van der Waals surface area contributed by atoms with Gasteiger partial charge in [0.2, 0.25) is 15.9 Å². The van der Waals surface area contributed by atoms with E-state index in [1.807, 2.05) is 32.0 Å². The molecule has 3 N–H and O–H groups in total. The van der Waals surface area contributed by atoms with Crippen LogP contribution in [0.15, 0.2) is 47.5 Å². The van der Waals surface area contributed by atoms with Crippen molar-refractivity contribution in [1.82, 2.24) is 14.6 Å². The minimum atomic E-state index is -3.98. The average Bonchev–Trinajstić information content (AvgIpc) is 2.77. The number of morpholine rings is 1. The van der Waals surface area contributed by atoms with E-state index in [9.17, 15) is 13.2 Å². The van der Waals surface area contributed by atoms with Crippen LogP contribution < -0.4 is 10.5 Å². The van der Waals surface area contributed by atoms with Gasteiger partial charge in [-0.1, -0.05) is 25.1 Å². The predicted molar refractivity (Wildman–Crippen MR) is 114 cm³/mol. The molecule has 30 heavy (non-hydrogen) atoms. The van der Waals surface area contributed by atoms with Crippen LogP contribution in [0.1, 0.15) is 19.4 Å². The number of nitrogens with zero attached hydrogens (tertiary/aromatic N) is 2. The zero-order valence-electron chi connectivity index (χ0n) is 17.2. The SMILES string of the molecule is CCc1c(-c2ccccn2)cccc1S(=O)(=O)N[C@@H](CN)C(=O)N1CCOC[C@@H]1C. The molecule has 1 aromatic heterocycles. The van der Waals surface area contributed by atoms with E-state index >= 15 is 0 Å². The first-order valence-corrected chi connectivity index (χ1v) is 11.5. The Labute approximate surface area is 177 Å². The maximum Gasteiger partial charge on any atom is 0.242 e. The van der Waals surface area contributed by atoms with Gasteiger partial charge < -0.3 is 15.4 Å². The summed E-state index contributed by atoms with van der Waals surface area (Å²) in [4.78, 5) is 19.0. The number of nitrogens with two attached hydrogens (primary N) is 1. The van der Waals surface area contributed by atoms with E-state index < -0.39 is 16.1 Å². The highest BCUT2D eigenvalue weighted by Gasteiger charge is 2.33. The van der Waals surface area contributed by atoms with Crippen molar-refractivity contribution in [2.45, 2.75) is 37.2 Å². The molecule has 0 unspecified atom stereocenters. The van der Waals surface area contributed by atoms with Crippen molar-refractivity contribution in [3.8, 4) is 11.3 Å². The Bertz CT molecular complexity index is 982. The number of pyridine rings is 1. The molecular formula is C21H28N4O4S. The van der Waals surface area contributed by atoms with E-state index in [-0.39, 0.29) is 23.4 Å². The molecule has 2 atom stereocenters. The van der Waals surface area contributed by atoms with Gasteiger partial charge in [-0.2, -0.15) is 4.72 Å². The first-order chi connectivity index (χ1) is 14.4. The van der Waals surface area contributed by atoms with E-state index in [4.69, 9.17) is 10.5 Å². The molecule has 1 amide bonds. The van der Waals surface area contributed by atoms with Gasteiger partial charge in [0.15, 0.2) is 0 Å². The molecule has 0 aliphatic carbocycles. The number of nitrogens with one attached hydrogen (secondary N) is 1. The molecule has 0 radical (unpaired) electrons. The summed E-state index contributed by atoms with van der Waals surface area (Å²) in [6.45, 7) is 4.87. The lowest BCUT2D eigenvalue weighted by Gasteiger charge is -2.35. The molecule has 1 aromatic carbocycles. The molecular weight excluding hydrogens is 404 g/mol. The Kier molecular flexibility index (Phi) is 7.19. The number of carbonyl (C=O) groups excluding carboxylic acids is 1. The first kappa shape index (κ1) is 22.4. The molecule has 1 aliphatic heterocycles. The second-order valence-electron chi connectivity index (χ2n) is 7.22. The molecule has 0 spiro atoms. The smallest absolute Gasteiger partial charge is 0.242 e. The lowest BCUT2D eigenvalue weighted by atomic mass is 10.0. The highest BCUT2D eigenvalue weighted by molar-refractivity contribution is 7.89. The number of aromatic nitrogens is 1. The van der Waals surface area contributed by atoms with Crippen LogP contribution in [0.3, 0.4) is 0 Å². The summed E-state index contributed by atoms with van der Waals surface area (Å²) in [5.74, 6) is -0.337. The molecule has 2 aromatic rings. The Balaban J connectivity index is 1.92. The van der Waals surface area contributed by atoms with Crippen molar-refractivity contribution in [3.63, 3.8) is 0 Å². The fraction of sp³-hybridized carbons (Fsp3) is 0.429. The number of hydrogen-bond acceptors (Lipinski definition) is 6. The molecule has 1 aliphatic rings. The topological polar surface area (TPSA) is 115 Å². The summed E-state index contributed by atoms with van der Waals surface area (Å²) in [7, 11) is -3.98. The lowest BCUT2D eigenvalue weighted by Crippen LogP contribution is -2.57. The molecule has 1 saturated heterocycles. The maximum atomic E-state index is 13.3. The number of amides is 1. The third kappa shape index (κ3) is 4.70. The van der Waals surface area contributed by atoms with E-state index in [2.05, 4.69) is 9.71 Å². The maximum absolute atomic E-state index is 13.3. The Morgan fingerprint density at radius 1 is 1.33 bits per heavy atom. The number of ether oxygens (including phenoxy) is 1. The second kappa shape index (κ2) is 9.65. The molecule has 9 heteroatoms. The summed E-state index contributed by atoms with van der Waals surface area (Å²) in [5, 5.41) is 0. The monoisotopic (exact) mass is 432 g/mol. The van der Waals surface area contributed by atoms with Crippen LogP contribution in [0.25, 0.3) is 11.3 Å². The van der Waals surface area contributed by atoms with E-state index in [1.165, 1.54) is 0 Å². The van der Waals surface area contributed by atoms with Gasteiger partial charge in [-0.25, -0.2) is 8.42 Å². The van der Waals surface area contributed by atoms with E-state index in [0.29, 0.717) is 37.4 Å². The zero-order chi connectivity index (χ0) is 21.7. The van der Waals surface area contributed by atoms with Crippen LogP contribution >= 0.6 is 0 Å². The molecule has 1 fully saturated rings. The zero-order valence-corrected chi connectivity index (χ0v) is 18.1. The third-order valence-electron chi connectivity index (χ3n) is 5.20. The number of sulfonamides is 1. The molecule has 8 nitrogen and oxygen atoms in total. The number of carbonyl (C=O) groups is 1.